The van der Waals surface area contributed by atoms with Gasteiger partial charge in [0.1, 0.15) is 23.2 Å². The van der Waals surface area contributed by atoms with Crippen molar-refractivity contribution in [2.75, 3.05) is 18.9 Å². The number of anilines is 1. The molecule has 0 spiro atoms. The summed E-state index contributed by atoms with van der Waals surface area (Å²) in [6.07, 6.45) is -2.30. The number of nitrogens with zero attached hydrogens (tertiary/aromatic N) is 3. The number of nitrogens with two attached hydrogens (primary N) is 1. The summed E-state index contributed by atoms with van der Waals surface area (Å²) >= 11 is 0. The van der Waals surface area contributed by atoms with Crippen LogP contribution in [-0.4, -0.2) is 34.5 Å². The zero-order valence-corrected chi connectivity index (χ0v) is 15.1. The zero-order valence-electron chi connectivity index (χ0n) is 15.1. The van der Waals surface area contributed by atoms with Crippen LogP contribution in [-0.2, 0) is 6.18 Å². The van der Waals surface area contributed by atoms with Crippen molar-refractivity contribution in [1.29, 1.82) is 0 Å². The van der Waals surface area contributed by atoms with E-state index in [4.69, 9.17) is 5.73 Å². The average molecular weight is 408 g/mol. The minimum absolute atomic E-state index is 0.131. The zero-order chi connectivity index (χ0) is 21.2. The molecule has 2 heterocycles. The largest absolute Gasteiger partial charge is 0.419 e. The molecule has 11 heteroatoms. The molecule has 1 atom stereocenters. The Hall–Kier alpha value is -3.34. The number of carbonyl (C=O) groups is 1. The summed E-state index contributed by atoms with van der Waals surface area (Å²) in [6.45, 7) is 0.198. The highest BCUT2D eigenvalue weighted by Gasteiger charge is 2.34. The van der Waals surface area contributed by atoms with Crippen molar-refractivity contribution < 1.29 is 22.4 Å². The molecule has 0 aliphatic rings. The fourth-order valence-electron chi connectivity index (χ4n) is 2.87. The summed E-state index contributed by atoms with van der Waals surface area (Å²) in [4.78, 5) is 23.8. The van der Waals surface area contributed by atoms with E-state index < -0.39 is 29.5 Å². The van der Waals surface area contributed by atoms with E-state index in [-0.39, 0.29) is 34.5 Å². The third kappa shape index (κ3) is 4.24. The second-order valence-corrected chi connectivity index (χ2v) is 6.13. The van der Waals surface area contributed by atoms with Gasteiger partial charge in [0, 0.05) is 12.7 Å². The standard InChI is InChI=1S/C18H16F4N6O/c1-24-7-13(9-2-3-12(19)11(6-9)18(20,21)22)28-17-15-14(26-8-27-17)10(16(23)29)4-5-25-15/h2-6,8,13,24H,7H2,1H3,(H2,23,29)(H,26,27,28)/t13-/m1/s1. The Morgan fingerprint density at radius 2 is 1.93 bits per heavy atom. The molecular weight excluding hydrogens is 392 g/mol. The third-order valence-corrected chi connectivity index (χ3v) is 4.21. The van der Waals surface area contributed by atoms with Gasteiger partial charge in [0.05, 0.1) is 17.2 Å². The first-order chi connectivity index (χ1) is 13.7. The molecule has 29 heavy (non-hydrogen) atoms. The number of primary amides is 1. The molecular formula is C18H16F4N6O. The number of carbonyl (C=O) groups excluding carboxylic acids is 1. The summed E-state index contributed by atoms with van der Waals surface area (Å²) in [7, 11) is 1.62. The van der Waals surface area contributed by atoms with Gasteiger partial charge >= 0.3 is 6.18 Å². The van der Waals surface area contributed by atoms with Crippen LogP contribution in [0.1, 0.15) is 27.5 Å². The number of alkyl halides is 3. The van der Waals surface area contributed by atoms with Gasteiger partial charge in [-0.15, -0.1) is 0 Å². The molecule has 0 saturated heterocycles. The van der Waals surface area contributed by atoms with Gasteiger partial charge in [0.2, 0.25) is 0 Å². The van der Waals surface area contributed by atoms with Gasteiger partial charge in [0.15, 0.2) is 5.82 Å². The fraction of sp³-hybridized carbons (Fsp3) is 0.222. The molecule has 1 aromatic carbocycles. The SMILES string of the molecule is CNC[C@@H](Nc1ncnc2c(C(N)=O)ccnc12)c1ccc(F)c(C(F)(F)F)c1. The number of fused-ring (bicyclic) bond motifs is 1. The number of rotatable bonds is 6. The van der Waals surface area contributed by atoms with Crippen molar-refractivity contribution in [1.82, 2.24) is 20.3 Å². The Balaban J connectivity index is 2.05. The van der Waals surface area contributed by atoms with Crippen LogP contribution in [0.3, 0.4) is 0 Å². The maximum Gasteiger partial charge on any atom is 0.419 e. The van der Waals surface area contributed by atoms with Crippen LogP contribution in [0.2, 0.25) is 0 Å². The normalized spacial score (nSPS) is 12.7. The lowest BCUT2D eigenvalue weighted by Crippen LogP contribution is -2.25. The molecule has 0 saturated carbocycles. The van der Waals surface area contributed by atoms with Crippen LogP contribution < -0.4 is 16.4 Å². The molecule has 0 aliphatic heterocycles. The van der Waals surface area contributed by atoms with Crippen LogP contribution in [0.4, 0.5) is 23.4 Å². The van der Waals surface area contributed by atoms with Crippen molar-refractivity contribution in [3.05, 3.63) is 59.3 Å². The van der Waals surface area contributed by atoms with Crippen LogP contribution in [0.25, 0.3) is 11.0 Å². The Morgan fingerprint density at radius 3 is 2.59 bits per heavy atom. The van der Waals surface area contributed by atoms with Gasteiger partial charge in [-0.05, 0) is 30.8 Å². The van der Waals surface area contributed by atoms with Crippen LogP contribution >= 0.6 is 0 Å². The first-order valence-corrected chi connectivity index (χ1v) is 8.39. The van der Waals surface area contributed by atoms with Gasteiger partial charge in [-0.3, -0.25) is 9.78 Å². The van der Waals surface area contributed by atoms with E-state index >= 15 is 0 Å². The number of hydrogen-bond donors (Lipinski definition) is 3. The highest BCUT2D eigenvalue weighted by Crippen LogP contribution is 2.34. The van der Waals surface area contributed by atoms with E-state index in [0.717, 1.165) is 12.1 Å². The van der Waals surface area contributed by atoms with E-state index in [1.54, 1.807) is 7.05 Å². The van der Waals surface area contributed by atoms with Crippen molar-refractivity contribution in [3.8, 4) is 0 Å². The summed E-state index contributed by atoms with van der Waals surface area (Å²) < 4.78 is 52.9. The molecule has 0 bridgehead atoms. The Kier molecular flexibility index (Phi) is 5.59. The lowest BCUT2D eigenvalue weighted by molar-refractivity contribution is -0.140. The number of amides is 1. The molecule has 0 aliphatic carbocycles. The van der Waals surface area contributed by atoms with Gasteiger partial charge in [0.25, 0.3) is 5.91 Å². The maximum absolute atomic E-state index is 13.6. The molecule has 7 nitrogen and oxygen atoms in total. The molecule has 0 fully saturated rings. The molecule has 0 radical (unpaired) electrons. The maximum atomic E-state index is 13.6. The van der Waals surface area contributed by atoms with Crippen molar-refractivity contribution in [2.24, 2.45) is 5.73 Å². The number of nitrogens with one attached hydrogen (secondary N) is 2. The van der Waals surface area contributed by atoms with E-state index in [9.17, 15) is 22.4 Å². The molecule has 3 rings (SSSR count). The number of pyridine rings is 1. The minimum atomic E-state index is -4.83. The topological polar surface area (TPSA) is 106 Å². The lowest BCUT2D eigenvalue weighted by Gasteiger charge is -2.21. The smallest absolute Gasteiger partial charge is 0.366 e. The predicted molar refractivity (Wildman–Crippen MR) is 97.5 cm³/mol. The summed E-state index contributed by atoms with van der Waals surface area (Å²) in [5.41, 5.74) is 4.73. The second kappa shape index (κ2) is 7.95. The Labute approximate surface area is 162 Å². The number of likely N-dealkylation sites (N-methyl/N-ethyl adjacent to an activating group) is 1. The Morgan fingerprint density at radius 1 is 1.17 bits per heavy atom. The van der Waals surface area contributed by atoms with E-state index in [0.29, 0.717) is 0 Å². The van der Waals surface area contributed by atoms with Crippen LogP contribution in [0.5, 0.6) is 0 Å². The molecule has 1 amide bonds. The van der Waals surface area contributed by atoms with Gasteiger partial charge < -0.3 is 16.4 Å². The van der Waals surface area contributed by atoms with Gasteiger partial charge in [-0.2, -0.15) is 13.2 Å². The molecule has 4 N–H and O–H groups in total. The van der Waals surface area contributed by atoms with E-state index in [1.165, 1.54) is 24.7 Å². The quantitative estimate of drug-likeness (QED) is 0.542. The average Bonchev–Trinajstić information content (AvgIpc) is 2.67. The Bertz CT molecular complexity index is 1060. The molecule has 152 valence electrons. The van der Waals surface area contributed by atoms with Crippen LogP contribution in [0, 0.1) is 5.82 Å². The van der Waals surface area contributed by atoms with Crippen molar-refractivity contribution in [2.45, 2.75) is 12.2 Å². The van der Waals surface area contributed by atoms with E-state index in [1.807, 2.05) is 0 Å². The first-order valence-electron chi connectivity index (χ1n) is 8.39. The summed E-state index contributed by atoms with van der Waals surface area (Å²) in [5.74, 6) is -1.87. The predicted octanol–water partition coefficient (Wildman–Crippen LogP) is 2.65. The molecule has 0 unspecified atom stereocenters. The number of hydrogen-bond acceptors (Lipinski definition) is 6. The van der Waals surface area contributed by atoms with Crippen molar-refractivity contribution >= 4 is 22.8 Å². The van der Waals surface area contributed by atoms with Crippen molar-refractivity contribution in [3.63, 3.8) is 0 Å². The summed E-state index contributed by atoms with van der Waals surface area (Å²) in [6, 6.07) is 3.46. The fourth-order valence-corrected chi connectivity index (χ4v) is 2.87. The number of halogens is 4. The second-order valence-electron chi connectivity index (χ2n) is 6.13. The number of aromatic nitrogens is 3. The minimum Gasteiger partial charge on any atom is -0.366 e. The molecule has 3 aromatic rings. The lowest BCUT2D eigenvalue weighted by atomic mass is 10.0. The monoisotopic (exact) mass is 408 g/mol. The summed E-state index contributed by atoms with van der Waals surface area (Å²) in [5, 5.41) is 5.85. The highest BCUT2D eigenvalue weighted by atomic mass is 19.4. The van der Waals surface area contributed by atoms with Gasteiger partial charge in [-0.25, -0.2) is 14.4 Å². The first kappa shape index (κ1) is 20.4. The third-order valence-electron chi connectivity index (χ3n) is 4.21. The van der Waals surface area contributed by atoms with Crippen LogP contribution in [0.15, 0.2) is 36.8 Å². The molecule has 2 aromatic heterocycles. The van der Waals surface area contributed by atoms with E-state index in [2.05, 4.69) is 25.6 Å². The number of benzene rings is 1. The highest BCUT2D eigenvalue weighted by molar-refractivity contribution is 6.05. The van der Waals surface area contributed by atoms with Gasteiger partial charge in [-0.1, -0.05) is 6.07 Å².